The first-order valence-electron chi connectivity index (χ1n) is 4.34. The Morgan fingerprint density at radius 1 is 1.18 bits per heavy atom. The Bertz CT molecular complexity index is 102. The van der Waals surface area contributed by atoms with Gasteiger partial charge in [-0.25, -0.2) is 0 Å². The first kappa shape index (κ1) is 9.53. The molecule has 2 heteroatoms. The van der Waals surface area contributed by atoms with Crippen LogP contribution in [0.3, 0.4) is 0 Å². The van der Waals surface area contributed by atoms with Gasteiger partial charge in [-0.3, -0.25) is 0 Å². The van der Waals surface area contributed by atoms with Gasteiger partial charge in [-0.1, -0.05) is 46.9 Å². The number of rotatable bonds is 1. The molecule has 1 aliphatic rings. The van der Waals surface area contributed by atoms with Gasteiger partial charge in [0, 0.05) is 11.0 Å². The first-order chi connectivity index (χ1) is 5.43. The van der Waals surface area contributed by atoms with Crippen molar-refractivity contribution in [2.75, 3.05) is 5.75 Å². The maximum atomic E-state index is 3.85. The second-order valence-corrected chi connectivity index (χ2v) is 5.62. The lowest BCUT2D eigenvalue weighted by Gasteiger charge is -2.07. The number of hydrogen-bond acceptors (Lipinski definition) is 2. The van der Waals surface area contributed by atoms with Crippen LogP contribution in [0.15, 0.2) is 12.7 Å². The zero-order chi connectivity index (χ0) is 7.94. The Morgan fingerprint density at radius 3 is 2.82 bits per heavy atom. The van der Waals surface area contributed by atoms with Crippen molar-refractivity contribution in [2.24, 2.45) is 0 Å². The minimum atomic E-state index is 0.707. The molecule has 0 radical (unpaired) electrons. The van der Waals surface area contributed by atoms with Crippen molar-refractivity contribution in [1.82, 2.24) is 0 Å². The molecule has 0 aromatic carbocycles. The van der Waals surface area contributed by atoms with E-state index < -0.39 is 0 Å². The van der Waals surface area contributed by atoms with Crippen molar-refractivity contribution >= 4 is 21.6 Å². The van der Waals surface area contributed by atoms with Crippen LogP contribution in [0.1, 0.15) is 32.1 Å². The fourth-order valence-corrected chi connectivity index (χ4v) is 3.83. The highest BCUT2D eigenvalue weighted by atomic mass is 33.1. The van der Waals surface area contributed by atoms with Crippen molar-refractivity contribution < 1.29 is 0 Å². The third-order valence-electron chi connectivity index (χ3n) is 1.92. The Hall–Kier alpha value is 0.440. The van der Waals surface area contributed by atoms with E-state index in [1.807, 2.05) is 21.6 Å². The van der Waals surface area contributed by atoms with Crippen LogP contribution in [0, 0.1) is 0 Å². The van der Waals surface area contributed by atoms with Gasteiger partial charge in [-0.05, 0) is 12.8 Å². The molecule has 0 aliphatic carbocycles. The molecule has 1 rings (SSSR count). The molecule has 1 atom stereocenters. The standard InChI is InChI=1S/C9H16S2/c1-2-9-7-5-3-4-6-8-10-11-9/h2,9H,1,3-8H2. The average molecular weight is 188 g/mol. The zero-order valence-corrected chi connectivity index (χ0v) is 8.55. The van der Waals surface area contributed by atoms with E-state index in [0.717, 1.165) is 0 Å². The lowest BCUT2D eigenvalue weighted by Crippen LogP contribution is -1.94. The summed E-state index contributed by atoms with van der Waals surface area (Å²) in [5.74, 6) is 1.33. The molecule has 0 saturated carbocycles. The van der Waals surface area contributed by atoms with Crippen LogP contribution in [0.2, 0.25) is 0 Å². The zero-order valence-electron chi connectivity index (χ0n) is 6.92. The SMILES string of the molecule is C=CC1CCCCCCSS1. The van der Waals surface area contributed by atoms with E-state index in [0.29, 0.717) is 5.25 Å². The summed E-state index contributed by atoms with van der Waals surface area (Å²) >= 11 is 0. The Kier molecular flexibility index (Phi) is 5.21. The molecule has 0 amide bonds. The smallest absolute Gasteiger partial charge is 0.0328 e. The summed E-state index contributed by atoms with van der Waals surface area (Å²) in [4.78, 5) is 0. The molecule has 1 aliphatic heterocycles. The van der Waals surface area contributed by atoms with Crippen molar-refractivity contribution in [3.8, 4) is 0 Å². The van der Waals surface area contributed by atoms with E-state index in [2.05, 4.69) is 12.7 Å². The van der Waals surface area contributed by atoms with Crippen LogP contribution in [0.4, 0.5) is 0 Å². The van der Waals surface area contributed by atoms with Gasteiger partial charge < -0.3 is 0 Å². The summed E-state index contributed by atoms with van der Waals surface area (Å²) in [6, 6.07) is 0. The van der Waals surface area contributed by atoms with Crippen LogP contribution in [-0.2, 0) is 0 Å². The van der Waals surface area contributed by atoms with Crippen LogP contribution >= 0.6 is 21.6 Å². The molecular formula is C9H16S2. The lowest BCUT2D eigenvalue weighted by molar-refractivity contribution is 0.647. The summed E-state index contributed by atoms with van der Waals surface area (Å²) < 4.78 is 0. The molecule has 0 N–H and O–H groups in total. The van der Waals surface area contributed by atoms with Crippen LogP contribution < -0.4 is 0 Å². The van der Waals surface area contributed by atoms with Gasteiger partial charge in [0.15, 0.2) is 0 Å². The second kappa shape index (κ2) is 6.01. The van der Waals surface area contributed by atoms with Gasteiger partial charge in [0.25, 0.3) is 0 Å². The van der Waals surface area contributed by atoms with Gasteiger partial charge in [0.05, 0.1) is 0 Å². The molecule has 1 heterocycles. The van der Waals surface area contributed by atoms with Gasteiger partial charge >= 0.3 is 0 Å². The van der Waals surface area contributed by atoms with Crippen molar-refractivity contribution in [2.45, 2.75) is 37.4 Å². The largest absolute Gasteiger partial charge is 0.102 e. The molecule has 0 aromatic heterocycles. The minimum absolute atomic E-state index is 0.707. The predicted octanol–water partition coefficient (Wildman–Crippen LogP) is 3.89. The second-order valence-electron chi connectivity index (χ2n) is 2.90. The van der Waals surface area contributed by atoms with E-state index in [-0.39, 0.29) is 0 Å². The molecule has 0 nitrogen and oxygen atoms in total. The van der Waals surface area contributed by atoms with Crippen molar-refractivity contribution in [3.05, 3.63) is 12.7 Å². The van der Waals surface area contributed by atoms with E-state index >= 15 is 0 Å². The topological polar surface area (TPSA) is 0 Å². The maximum absolute atomic E-state index is 3.85. The fraction of sp³-hybridized carbons (Fsp3) is 0.778. The molecular weight excluding hydrogens is 172 g/mol. The summed E-state index contributed by atoms with van der Waals surface area (Å²) in [5.41, 5.74) is 0. The normalized spacial score (nSPS) is 28.2. The Morgan fingerprint density at radius 2 is 2.00 bits per heavy atom. The van der Waals surface area contributed by atoms with Crippen LogP contribution in [-0.4, -0.2) is 11.0 Å². The van der Waals surface area contributed by atoms with Gasteiger partial charge in [0.2, 0.25) is 0 Å². The molecule has 0 spiro atoms. The Labute approximate surface area is 77.6 Å². The monoisotopic (exact) mass is 188 g/mol. The highest BCUT2D eigenvalue weighted by molar-refractivity contribution is 8.77. The predicted molar refractivity (Wildman–Crippen MR) is 57.1 cm³/mol. The van der Waals surface area contributed by atoms with Gasteiger partial charge in [-0.15, -0.1) is 6.58 Å². The molecule has 1 unspecified atom stereocenters. The summed E-state index contributed by atoms with van der Waals surface area (Å²) in [6.07, 6.45) is 9.08. The Balaban J connectivity index is 2.24. The number of hydrogen-bond donors (Lipinski definition) is 0. The molecule has 11 heavy (non-hydrogen) atoms. The quantitative estimate of drug-likeness (QED) is 0.452. The molecule has 0 aromatic rings. The van der Waals surface area contributed by atoms with Crippen molar-refractivity contribution in [3.63, 3.8) is 0 Å². The van der Waals surface area contributed by atoms with Crippen LogP contribution in [0.25, 0.3) is 0 Å². The fourth-order valence-electron chi connectivity index (χ4n) is 1.20. The van der Waals surface area contributed by atoms with E-state index in [4.69, 9.17) is 0 Å². The highest BCUT2D eigenvalue weighted by Crippen LogP contribution is 2.33. The van der Waals surface area contributed by atoms with E-state index in [9.17, 15) is 0 Å². The van der Waals surface area contributed by atoms with Gasteiger partial charge in [-0.2, -0.15) is 0 Å². The van der Waals surface area contributed by atoms with Gasteiger partial charge in [0.1, 0.15) is 0 Å². The summed E-state index contributed by atoms with van der Waals surface area (Å²) in [5, 5.41) is 0.707. The highest BCUT2D eigenvalue weighted by Gasteiger charge is 2.06. The lowest BCUT2D eigenvalue weighted by atomic mass is 10.1. The first-order valence-corrected chi connectivity index (χ1v) is 6.72. The third kappa shape index (κ3) is 4.12. The minimum Gasteiger partial charge on any atom is -0.102 e. The van der Waals surface area contributed by atoms with Crippen LogP contribution in [0.5, 0.6) is 0 Å². The average Bonchev–Trinajstić information content (AvgIpc) is 2.16. The summed E-state index contributed by atoms with van der Waals surface area (Å²) in [6.45, 7) is 3.85. The van der Waals surface area contributed by atoms with Crippen molar-refractivity contribution in [1.29, 1.82) is 0 Å². The molecule has 64 valence electrons. The maximum Gasteiger partial charge on any atom is 0.0328 e. The molecule has 1 fully saturated rings. The van der Waals surface area contributed by atoms with E-state index in [1.165, 1.54) is 37.9 Å². The van der Waals surface area contributed by atoms with E-state index in [1.54, 1.807) is 0 Å². The summed E-state index contributed by atoms with van der Waals surface area (Å²) in [7, 11) is 4.03. The molecule has 0 bridgehead atoms. The third-order valence-corrected chi connectivity index (χ3v) is 4.84. The molecule has 1 saturated heterocycles.